The van der Waals surface area contributed by atoms with E-state index < -0.39 is 16.5 Å². The van der Waals surface area contributed by atoms with Crippen molar-refractivity contribution >= 4 is 76.0 Å². The van der Waals surface area contributed by atoms with Gasteiger partial charge in [-0.1, -0.05) is 89.5 Å². The summed E-state index contributed by atoms with van der Waals surface area (Å²) in [6.45, 7) is 6.36. The second kappa shape index (κ2) is 20.1. The van der Waals surface area contributed by atoms with Crippen LogP contribution in [0.15, 0.2) is 122 Å². The summed E-state index contributed by atoms with van der Waals surface area (Å²) in [5.74, 6) is 0. The third-order valence-electron chi connectivity index (χ3n) is 9.74. The fraction of sp³-hybridized carbons (Fsp3) is 0.104. The molecule has 294 valence electrons. The minimum atomic E-state index is -0.472. The molecule has 3 N–H and O–H groups in total. The van der Waals surface area contributed by atoms with E-state index >= 15 is 0 Å². The number of rotatable bonds is 4. The molecule has 0 spiro atoms. The van der Waals surface area contributed by atoms with E-state index in [1.54, 1.807) is 12.5 Å². The molecule has 0 amide bonds. The first-order valence-electron chi connectivity index (χ1n) is 18.5. The number of nitrogens with zero attached hydrogens (tertiary/aromatic N) is 3. The monoisotopic (exact) mass is 1070 g/mol. The van der Waals surface area contributed by atoms with Crippen LogP contribution in [0.2, 0.25) is 0 Å². The summed E-state index contributed by atoms with van der Waals surface area (Å²) < 4.78 is 8.08. The van der Waals surface area contributed by atoms with E-state index in [0.717, 1.165) is 89.4 Å². The minimum absolute atomic E-state index is 0. The van der Waals surface area contributed by atoms with Crippen LogP contribution in [0.25, 0.3) is 90.9 Å². The van der Waals surface area contributed by atoms with Gasteiger partial charge in [0.1, 0.15) is 0 Å². The van der Waals surface area contributed by atoms with Gasteiger partial charge in [0.05, 0.1) is 35.3 Å². The van der Waals surface area contributed by atoms with Gasteiger partial charge in [-0.05, 0) is 104 Å². The third-order valence-corrected chi connectivity index (χ3v) is 9.74. The number of nitrogens with one attached hydrogen (secondary N) is 2. The number of hydrogen-bond donors (Lipinski definition) is 2. The maximum atomic E-state index is 8.08. The van der Waals surface area contributed by atoms with Crippen LogP contribution in [-0.4, -0.2) is 41.6 Å². The first-order chi connectivity index (χ1) is 28.1. The van der Waals surface area contributed by atoms with E-state index in [4.69, 9.17) is 33.0 Å². The van der Waals surface area contributed by atoms with Crippen LogP contribution in [0.1, 0.15) is 39.5 Å². The Morgan fingerprint density at radius 2 is 0.729 bits per heavy atom. The van der Waals surface area contributed by atoms with Gasteiger partial charge in [0.25, 0.3) is 0 Å². The van der Waals surface area contributed by atoms with E-state index in [0.29, 0.717) is 0 Å². The van der Waals surface area contributed by atoms with Gasteiger partial charge in [0.2, 0.25) is 0 Å². The van der Waals surface area contributed by atoms with E-state index in [2.05, 4.69) is 157 Å². The SMILES string of the molecule is CS(C)=[OH+].Cc1ccc(-c2c3nc(c(-c4ccncc4)c4nc(c(-c5ccc(C)cc5)c5ccc([nH]5)c(-c5ccc(C)cc5)c5ccc2[nH]5)C=C4)C=C3)cc1.[Cl][Pt][Cl].[Zn+2]. The maximum Gasteiger partial charge on any atom is 2.00 e. The predicted molar refractivity (Wildman–Crippen MR) is 245 cm³/mol. The summed E-state index contributed by atoms with van der Waals surface area (Å²) in [4.78, 5) is 22.7. The van der Waals surface area contributed by atoms with Gasteiger partial charge in [-0.25, -0.2) is 9.97 Å². The quantitative estimate of drug-likeness (QED) is 0.136. The van der Waals surface area contributed by atoms with Crippen LogP contribution in [0.3, 0.4) is 0 Å². The maximum absolute atomic E-state index is 8.08. The van der Waals surface area contributed by atoms with Crippen LogP contribution in [0.4, 0.5) is 0 Å². The first kappa shape index (κ1) is 44.0. The topological polar surface area (TPSA) is 91.7 Å². The molecule has 0 fully saturated rings. The number of fused-ring (bicyclic) bond motifs is 8. The number of aromatic nitrogens is 5. The molecule has 6 heterocycles. The summed E-state index contributed by atoms with van der Waals surface area (Å²) >= 11 is -0.472. The number of halogens is 2. The zero-order chi connectivity index (χ0) is 40.8. The fourth-order valence-electron chi connectivity index (χ4n) is 7.10. The van der Waals surface area contributed by atoms with Crippen molar-refractivity contribution in [2.24, 2.45) is 0 Å². The molecule has 3 aromatic carbocycles. The van der Waals surface area contributed by atoms with Gasteiger partial charge in [-0.2, -0.15) is 0 Å². The summed E-state index contributed by atoms with van der Waals surface area (Å²) in [6.07, 6.45) is 15.6. The predicted octanol–water partition coefficient (Wildman–Crippen LogP) is 13.2. The zero-order valence-corrected chi connectivity index (χ0v) is 40.9. The standard InChI is InChI=1S/C46H35N5.C2H6OS.2ClH.Pt.Zn/c1-28-4-10-31(11-5-28)43-35-16-18-37(48-35)44(32-12-6-29(2)7-13-32)39-20-22-41(50-39)46(34-24-26-47-27-25-34)42-23-21-40(51-42)45(38-19-17-36(43)49-38)33-14-8-30(3)9-15-33;1-4(2)3;;;;/h4-27,48-49H,1-3H3;1-2H3;2*1H;;/q;;;;2*+2/p-1. The van der Waals surface area contributed by atoms with Gasteiger partial charge in [0.15, 0.2) is 10.8 Å². The number of pyridine rings is 1. The van der Waals surface area contributed by atoms with E-state index in [-0.39, 0.29) is 30.3 Å². The van der Waals surface area contributed by atoms with Crippen molar-refractivity contribution in [3.63, 3.8) is 0 Å². The molecule has 4 aromatic heterocycles. The van der Waals surface area contributed by atoms with Crippen LogP contribution >= 0.6 is 18.8 Å². The van der Waals surface area contributed by atoms with Gasteiger partial charge < -0.3 is 9.97 Å². The first-order valence-corrected chi connectivity index (χ1v) is 26.1. The average molecular weight is 1070 g/mol. The molecule has 8 bridgehead atoms. The Labute approximate surface area is 376 Å². The molecule has 2 aliphatic heterocycles. The second-order valence-corrected chi connectivity index (χ2v) is 19.0. The largest absolute Gasteiger partial charge is 2.00 e. The summed E-state index contributed by atoms with van der Waals surface area (Å²) in [5, 5.41) is 0. The van der Waals surface area contributed by atoms with E-state index in [1.807, 2.05) is 24.5 Å². The van der Waals surface area contributed by atoms with Crippen molar-refractivity contribution in [2.75, 3.05) is 12.5 Å². The molecule has 59 heavy (non-hydrogen) atoms. The molecule has 6 nitrogen and oxygen atoms in total. The smallest absolute Gasteiger partial charge is 2.00 e. The molecule has 9 rings (SSSR count). The van der Waals surface area contributed by atoms with Gasteiger partial charge >= 0.3 is 54.8 Å². The molecule has 7 aromatic rings. The Morgan fingerprint density at radius 1 is 0.458 bits per heavy atom. The van der Waals surface area contributed by atoms with E-state index in [9.17, 15) is 0 Å². The average Bonchev–Trinajstić information content (AvgIpc) is 4.06. The Morgan fingerprint density at radius 3 is 1.07 bits per heavy atom. The molecule has 0 aliphatic carbocycles. The molecule has 0 atom stereocenters. The summed E-state index contributed by atoms with van der Waals surface area (Å²) in [6, 6.07) is 38.9. The number of H-pyrrole nitrogens is 2. The van der Waals surface area contributed by atoms with Crippen molar-refractivity contribution in [3.8, 4) is 44.5 Å². The zero-order valence-electron chi connectivity index (χ0n) is 33.3. The molecule has 2 aliphatic rings. The fourth-order valence-corrected chi connectivity index (χ4v) is 7.10. The molecular weight excluding hydrogens is 1030 g/mol. The molecule has 0 saturated carbocycles. The molecule has 0 radical (unpaired) electrons. The Bertz CT molecular complexity index is 2690. The van der Waals surface area contributed by atoms with Crippen LogP contribution < -0.4 is 0 Å². The second-order valence-electron chi connectivity index (χ2n) is 14.2. The Kier molecular flexibility index (Phi) is 15.0. The molecular formula is C48H42Cl2N5OPtSZn+3. The van der Waals surface area contributed by atoms with Crippen molar-refractivity contribution in [3.05, 3.63) is 161 Å². The van der Waals surface area contributed by atoms with Crippen LogP contribution in [0, 0.1) is 20.8 Å². The van der Waals surface area contributed by atoms with Gasteiger partial charge in [-0.15, -0.1) is 0 Å². The van der Waals surface area contributed by atoms with Gasteiger partial charge in [0, 0.05) is 56.7 Å². The number of aryl methyl sites for hydroxylation is 3. The van der Waals surface area contributed by atoms with Crippen LogP contribution in [0.5, 0.6) is 0 Å². The number of aromatic amines is 2. The number of hydrogen-bond acceptors (Lipinski definition) is 3. The Balaban J connectivity index is 0.000000683. The summed E-state index contributed by atoms with van der Waals surface area (Å²) in [5.41, 5.74) is 19.6. The van der Waals surface area contributed by atoms with Crippen molar-refractivity contribution in [1.29, 1.82) is 0 Å². The van der Waals surface area contributed by atoms with Crippen molar-refractivity contribution in [1.82, 2.24) is 24.9 Å². The summed E-state index contributed by atoms with van der Waals surface area (Å²) in [7, 11) is 9.39. The van der Waals surface area contributed by atoms with Crippen molar-refractivity contribution < 1.29 is 40.2 Å². The third kappa shape index (κ3) is 10.3. The number of benzene rings is 3. The normalized spacial score (nSPS) is 11.4. The van der Waals surface area contributed by atoms with E-state index in [1.165, 1.54) is 16.7 Å². The molecule has 0 saturated heterocycles. The Hall–Kier alpha value is -4.55. The molecule has 11 heteroatoms. The van der Waals surface area contributed by atoms with Crippen molar-refractivity contribution in [2.45, 2.75) is 20.8 Å². The van der Waals surface area contributed by atoms with Crippen LogP contribution in [-0.2, 0) is 46.8 Å². The minimum Gasteiger partial charge on any atom is 2.00 e. The molecule has 0 unspecified atom stereocenters. The van der Waals surface area contributed by atoms with Gasteiger partial charge in [-0.3, -0.25) is 9.19 Å².